The Hall–Kier alpha value is -3.51. The molecule has 3 aromatic carbocycles. The van der Waals surface area contributed by atoms with Gasteiger partial charge in [-0.2, -0.15) is 0 Å². The third kappa shape index (κ3) is 6.99. The fraction of sp³-hybridized carbons (Fsp3) is 0.222. The van der Waals surface area contributed by atoms with Crippen LogP contribution in [0.2, 0.25) is 0 Å². The number of hydrogen-bond donors (Lipinski definition) is 2. The lowest BCUT2D eigenvalue weighted by molar-refractivity contribution is -0.143. The molecular formula is C27H27F2NO3. The highest BCUT2D eigenvalue weighted by atomic mass is 19.1. The predicted molar refractivity (Wildman–Crippen MR) is 126 cm³/mol. The Morgan fingerprint density at radius 2 is 1.67 bits per heavy atom. The van der Waals surface area contributed by atoms with E-state index in [1.54, 1.807) is 31.4 Å². The van der Waals surface area contributed by atoms with Crippen molar-refractivity contribution in [2.24, 2.45) is 5.92 Å². The van der Waals surface area contributed by atoms with Gasteiger partial charge in [0.05, 0.1) is 13.0 Å². The highest BCUT2D eigenvalue weighted by Crippen LogP contribution is 2.24. The van der Waals surface area contributed by atoms with Crippen molar-refractivity contribution in [2.75, 3.05) is 20.2 Å². The van der Waals surface area contributed by atoms with Crippen LogP contribution in [0.4, 0.5) is 8.78 Å². The van der Waals surface area contributed by atoms with Gasteiger partial charge in [0.1, 0.15) is 17.4 Å². The number of carbonyl (C=O) groups is 1. The Bertz CT molecular complexity index is 1120. The molecule has 0 atom stereocenters. The second-order valence-corrected chi connectivity index (χ2v) is 7.93. The third-order valence-electron chi connectivity index (χ3n) is 5.34. The fourth-order valence-electron chi connectivity index (χ4n) is 3.27. The van der Waals surface area contributed by atoms with Crippen LogP contribution >= 0.6 is 0 Å². The molecule has 1 aliphatic heterocycles. The average Bonchev–Trinajstić information content (AvgIpc) is 2.74. The first-order chi connectivity index (χ1) is 15.9. The maximum atomic E-state index is 14.0. The van der Waals surface area contributed by atoms with Gasteiger partial charge in [0.25, 0.3) is 0 Å². The third-order valence-corrected chi connectivity index (χ3v) is 5.34. The van der Waals surface area contributed by atoms with Gasteiger partial charge in [0, 0.05) is 24.2 Å². The Labute approximate surface area is 192 Å². The second kappa shape index (κ2) is 11.4. The van der Waals surface area contributed by atoms with Gasteiger partial charge in [-0.05, 0) is 60.4 Å². The minimum absolute atomic E-state index is 0.111. The normalized spacial score (nSPS) is 13.2. The zero-order valence-corrected chi connectivity index (χ0v) is 18.6. The minimum Gasteiger partial charge on any atom is -0.496 e. The Kier molecular flexibility index (Phi) is 8.33. The topological polar surface area (TPSA) is 58.6 Å². The van der Waals surface area contributed by atoms with Crippen LogP contribution in [0.15, 0.2) is 60.7 Å². The molecule has 1 heterocycles. The molecule has 0 saturated carbocycles. The van der Waals surface area contributed by atoms with Gasteiger partial charge >= 0.3 is 5.97 Å². The van der Waals surface area contributed by atoms with Crippen molar-refractivity contribution in [1.82, 2.24) is 5.32 Å². The van der Waals surface area contributed by atoms with Crippen molar-refractivity contribution in [3.8, 4) is 5.75 Å². The highest BCUT2D eigenvalue weighted by molar-refractivity contribution is 5.73. The number of benzene rings is 3. The minimum atomic E-state index is -0.682. The van der Waals surface area contributed by atoms with E-state index in [0.717, 1.165) is 28.0 Å². The fourth-order valence-corrected chi connectivity index (χ4v) is 3.27. The molecule has 6 heteroatoms. The number of methoxy groups -OCH3 is 1. The Morgan fingerprint density at radius 1 is 1.00 bits per heavy atom. The first-order valence-electron chi connectivity index (χ1n) is 10.6. The van der Waals surface area contributed by atoms with E-state index in [4.69, 9.17) is 9.84 Å². The van der Waals surface area contributed by atoms with Crippen molar-refractivity contribution in [3.63, 3.8) is 0 Å². The van der Waals surface area contributed by atoms with E-state index in [2.05, 4.69) is 5.32 Å². The van der Waals surface area contributed by atoms with Gasteiger partial charge in [-0.15, -0.1) is 0 Å². The number of ether oxygens (including phenoxy) is 1. The molecule has 4 rings (SSSR count). The average molecular weight is 452 g/mol. The standard InChI is InChI=1S/C23H20F2O.C4H7NO2/c1-16-3-7-19(22(25)13-16)8-9-20-15-18(6-12-23(20)26-2)14-17-4-10-21(24)11-5-17;6-4(7)3-1-5-2-3/h3-13,15H,14H2,1-2H3;3,5H,1-2H2,(H,6,7)/b9-8+;. The van der Waals surface area contributed by atoms with E-state index >= 15 is 0 Å². The van der Waals surface area contributed by atoms with Gasteiger partial charge in [0.15, 0.2) is 0 Å². The maximum Gasteiger partial charge on any atom is 0.309 e. The van der Waals surface area contributed by atoms with Gasteiger partial charge in [-0.1, -0.05) is 42.5 Å². The Morgan fingerprint density at radius 3 is 2.21 bits per heavy atom. The SMILES string of the molecule is COc1ccc(Cc2ccc(F)cc2)cc1/C=C/c1ccc(C)cc1F.O=C(O)C1CNC1. The Balaban J connectivity index is 0.000000374. The van der Waals surface area contributed by atoms with E-state index in [1.807, 2.05) is 37.3 Å². The summed E-state index contributed by atoms with van der Waals surface area (Å²) in [6.45, 7) is 3.16. The van der Waals surface area contributed by atoms with Crippen LogP contribution in [0.5, 0.6) is 5.75 Å². The van der Waals surface area contributed by atoms with Crippen LogP contribution in [-0.2, 0) is 11.2 Å². The molecule has 1 fully saturated rings. The molecule has 2 N–H and O–H groups in total. The lowest BCUT2D eigenvalue weighted by Crippen LogP contribution is -2.46. The highest BCUT2D eigenvalue weighted by Gasteiger charge is 2.23. The van der Waals surface area contributed by atoms with Crippen LogP contribution in [-0.4, -0.2) is 31.3 Å². The lowest BCUT2D eigenvalue weighted by atomic mass is 10.0. The molecular weight excluding hydrogens is 424 g/mol. The van der Waals surface area contributed by atoms with Crippen LogP contribution in [0.3, 0.4) is 0 Å². The van der Waals surface area contributed by atoms with Crippen molar-refractivity contribution in [3.05, 3.63) is 100 Å². The zero-order chi connectivity index (χ0) is 23.8. The van der Waals surface area contributed by atoms with Crippen molar-refractivity contribution < 1.29 is 23.4 Å². The van der Waals surface area contributed by atoms with Gasteiger partial charge < -0.3 is 15.2 Å². The summed E-state index contributed by atoms with van der Waals surface area (Å²) in [5, 5.41) is 11.1. The monoisotopic (exact) mass is 451 g/mol. The van der Waals surface area contributed by atoms with Crippen molar-refractivity contribution in [1.29, 1.82) is 0 Å². The largest absolute Gasteiger partial charge is 0.496 e. The number of nitrogens with one attached hydrogen (secondary N) is 1. The number of halogens is 2. The van der Waals surface area contributed by atoms with E-state index in [0.29, 0.717) is 25.1 Å². The van der Waals surface area contributed by atoms with E-state index in [1.165, 1.54) is 18.2 Å². The lowest BCUT2D eigenvalue weighted by Gasteiger charge is -2.21. The molecule has 1 saturated heterocycles. The molecule has 4 nitrogen and oxygen atoms in total. The molecule has 0 aliphatic carbocycles. The van der Waals surface area contributed by atoms with E-state index in [9.17, 15) is 13.6 Å². The molecule has 0 aromatic heterocycles. The molecule has 172 valence electrons. The van der Waals surface area contributed by atoms with Crippen LogP contribution in [0.25, 0.3) is 12.2 Å². The van der Waals surface area contributed by atoms with E-state index in [-0.39, 0.29) is 17.6 Å². The predicted octanol–water partition coefficient (Wildman–Crippen LogP) is 5.33. The molecule has 1 aliphatic rings. The van der Waals surface area contributed by atoms with Crippen molar-refractivity contribution >= 4 is 18.1 Å². The molecule has 3 aromatic rings. The summed E-state index contributed by atoms with van der Waals surface area (Å²) in [5.41, 5.74) is 4.38. The molecule has 0 radical (unpaired) electrons. The summed E-state index contributed by atoms with van der Waals surface area (Å²) in [6, 6.07) is 17.5. The van der Waals surface area contributed by atoms with Crippen LogP contribution < -0.4 is 10.1 Å². The number of carboxylic acids is 1. The second-order valence-electron chi connectivity index (χ2n) is 7.93. The smallest absolute Gasteiger partial charge is 0.309 e. The maximum absolute atomic E-state index is 14.0. The van der Waals surface area contributed by atoms with Crippen LogP contribution in [0, 0.1) is 24.5 Å². The number of rotatable bonds is 6. The first kappa shape index (κ1) is 24.1. The quantitative estimate of drug-likeness (QED) is 0.497. The summed E-state index contributed by atoms with van der Waals surface area (Å²) in [7, 11) is 1.61. The number of hydrogen-bond acceptors (Lipinski definition) is 3. The number of aliphatic carboxylic acids is 1. The van der Waals surface area contributed by atoms with Gasteiger partial charge in [0.2, 0.25) is 0 Å². The summed E-state index contributed by atoms with van der Waals surface area (Å²) in [5.74, 6) is -0.565. The summed E-state index contributed by atoms with van der Waals surface area (Å²) in [6.07, 6.45) is 4.28. The van der Waals surface area contributed by atoms with Gasteiger partial charge in [-0.3, -0.25) is 4.79 Å². The molecule has 0 amide bonds. The number of aryl methyl sites for hydroxylation is 1. The molecule has 0 spiro atoms. The molecule has 33 heavy (non-hydrogen) atoms. The molecule has 0 unspecified atom stereocenters. The van der Waals surface area contributed by atoms with E-state index < -0.39 is 5.97 Å². The van der Waals surface area contributed by atoms with Gasteiger partial charge in [-0.25, -0.2) is 8.78 Å². The zero-order valence-electron chi connectivity index (χ0n) is 18.6. The number of carboxylic acid groups (broad SMARTS) is 1. The summed E-state index contributed by atoms with van der Waals surface area (Å²) < 4.78 is 32.5. The summed E-state index contributed by atoms with van der Waals surface area (Å²) >= 11 is 0. The molecule has 0 bridgehead atoms. The summed E-state index contributed by atoms with van der Waals surface area (Å²) in [4.78, 5) is 9.94. The first-order valence-corrected chi connectivity index (χ1v) is 10.6. The van der Waals surface area contributed by atoms with Crippen LogP contribution in [0.1, 0.15) is 27.8 Å². The van der Waals surface area contributed by atoms with Crippen molar-refractivity contribution in [2.45, 2.75) is 13.3 Å².